The Bertz CT molecular complexity index is 282. The summed E-state index contributed by atoms with van der Waals surface area (Å²) in [5.74, 6) is 1.26. The van der Waals surface area contributed by atoms with Gasteiger partial charge in [0, 0.05) is 30.8 Å². The highest BCUT2D eigenvalue weighted by atomic mass is 16.1. The van der Waals surface area contributed by atoms with Gasteiger partial charge in [0.2, 0.25) is 0 Å². The Balaban J connectivity index is 1.80. The van der Waals surface area contributed by atoms with E-state index in [1.165, 1.54) is 31.5 Å². The molecule has 2 nitrogen and oxygen atoms in total. The van der Waals surface area contributed by atoms with Gasteiger partial charge < -0.3 is 4.90 Å². The van der Waals surface area contributed by atoms with E-state index in [1.807, 2.05) is 6.08 Å². The quantitative estimate of drug-likeness (QED) is 0.607. The van der Waals surface area contributed by atoms with Gasteiger partial charge in [-0.3, -0.25) is 4.79 Å². The van der Waals surface area contributed by atoms with E-state index in [1.54, 1.807) is 0 Å². The summed E-state index contributed by atoms with van der Waals surface area (Å²) in [7, 11) is 0. The van der Waals surface area contributed by atoms with Crippen molar-refractivity contribution in [2.45, 2.75) is 38.1 Å². The Morgan fingerprint density at radius 2 is 2.23 bits per heavy atom. The van der Waals surface area contributed by atoms with Crippen LogP contribution in [0.1, 0.15) is 32.1 Å². The van der Waals surface area contributed by atoms with Gasteiger partial charge in [0.25, 0.3) is 0 Å². The SMILES string of the molecule is O=C1C=C(N2CC3CCC2C3)CC1. The Hall–Kier alpha value is -0.790. The van der Waals surface area contributed by atoms with E-state index in [9.17, 15) is 4.79 Å². The number of hydrogen-bond acceptors (Lipinski definition) is 2. The third-order valence-electron chi connectivity index (χ3n) is 3.73. The minimum absolute atomic E-state index is 0.331. The maximum atomic E-state index is 11.1. The average molecular weight is 177 g/mol. The van der Waals surface area contributed by atoms with Crippen molar-refractivity contribution in [3.05, 3.63) is 11.8 Å². The van der Waals surface area contributed by atoms with Crippen LogP contribution in [0.25, 0.3) is 0 Å². The van der Waals surface area contributed by atoms with Crippen LogP contribution in [0, 0.1) is 5.92 Å². The molecular formula is C11H15NO. The number of allylic oxidation sites excluding steroid dienone is 2. The van der Waals surface area contributed by atoms with Gasteiger partial charge in [-0.2, -0.15) is 0 Å². The first-order valence-corrected chi connectivity index (χ1v) is 5.33. The van der Waals surface area contributed by atoms with Crippen molar-refractivity contribution in [2.75, 3.05) is 6.54 Å². The first-order valence-electron chi connectivity index (χ1n) is 5.33. The molecule has 0 N–H and O–H groups in total. The van der Waals surface area contributed by atoms with Crippen LogP contribution in [0.2, 0.25) is 0 Å². The molecule has 3 rings (SSSR count). The summed E-state index contributed by atoms with van der Waals surface area (Å²) >= 11 is 0. The number of hydrogen-bond donors (Lipinski definition) is 0. The van der Waals surface area contributed by atoms with E-state index < -0.39 is 0 Å². The molecule has 1 saturated carbocycles. The van der Waals surface area contributed by atoms with Crippen LogP contribution in [0.15, 0.2) is 11.8 Å². The van der Waals surface area contributed by atoms with E-state index in [2.05, 4.69) is 4.90 Å². The predicted octanol–water partition coefficient (Wildman–Crippen LogP) is 1.72. The summed E-state index contributed by atoms with van der Waals surface area (Å²) < 4.78 is 0. The van der Waals surface area contributed by atoms with Gasteiger partial charge in [0.05, 0.1) is 0 Å². The maximum Gasteiger partial charge on any atom is 0.157 e. The van der Waals surface area contributed by atoms with Gasteiger partial charge in [-0.1, -0.05) is 0 Å². The highest BCUT2D eigenvalue weighted by Gasteiger charge is 2.39. The summed E-state index contributed by atoms with van der Waals surface area (Å²) in [5, 5.41) is 0. The number of likely N-dealkylation sites (tertiary alicyclic amines) is 1. The lowest BCUT2D eigenvalue weighted by atomic mass is 10.1. The van der Waals surface area contributed by atoms with Crippen LogP contribution in [0.4, 0.5) is 0 Å². The molecule has 0 radical (unpaired) electrons. The average Bonchev–Trinajstić information content (AvgIpc) is 2.77. The molecule has 1 heterocycles. The zero-order valence-corrected chi connectivity index (χ0v) is 7.83. The second-order valence-corrected chi connectivity index (χ2v) is 4.59. The summed E-state index contributed by atoms with van der Waals surface area (Å²) in [5.41, 5.74) is 1.33. The zero-order valence-electron chi connectivity index (χ0n) is 7.83. The van der Waals surface area contributed by atoms with E-state index in [4.69, 9.17) is 0 Å². The highest BCUT2D eigenvalue weighted by molar-refractivity contribution is 5.92. The molecule has 1 saturated heterocycles. The molecule has 70 valence electrons. The minimum atomic E-state index is 0.331. The fraction of sp³-hybridized carbons (Fsp3) is 0.727. The number of fused-ring (bicyclic) bond motifs is 2. The lowest BCUT2D eigenvalue weighted by molar-refractivity contribution is -0.114. The smallest absolute Gasteiger partial charge is 0.157 e. The third kappa shape index (κ3) is 1.11. The molecule has 1 aliphatic heterocycles. The van der Waals surface area contributed by atoms with Crippen molar-refractivity contribution in [1.82, 2.24) is 4.90 Å². The molecule has 13 heavy (non-hydrogen) atoms. The molecule has 0 aromatic heterocycles. The lowest BCUT2D eigenvalue weighted by Crippen LogP contribution is -2.30. The van der Waals surface area contributed by atoms with E-state index in [0.717, 1.165) is 24.8 Å². The van der Waals surface area contributed by atoms with Crippen LogP contribution in [-0.2, 0) is 4.79 Å². The fourth-order valence-electron chi connectivity index (χ4n) is 3.08. The van der Waals surface area contributed by atoms with Crippen LogP contribution < -0.4 is 0 Å². The van der Waals surface area contributed by atoms with Crippen molar-refractivity contribution >= 4 is 5.78 Å². The summed E-state index contributed by atoms with van der Waals surface area (Å²) in [6.45, 7) is 1.23. The molecule has 2 unspecified atom stereocenters. The van der Waals surface area contributed by atoms with Crippen molar-refractivity contribution < 1.29 is 4.79 Å². The molecule has 0 aromatic rings. The molecule has 2 aliphatic carbocycles. The molecule has 2 fully saturated rings. The van der Waals surface area contributed by atoms with Crippen LogP contribution in [0.3, 0.4) is 0 Å². The number of carbonyl (C=O) groups is 1. The van der Waals surface area contributed by atoms with Gasteiger partial charge in [-0.05, 0) is 31.6 Å². The molecule has 0 amide bonds. The summed E-state index contributed by atoms with van der Waals surface area (Å²) in [4.78, 5) is 13.6. The Morgan fingerprint density at radius 3 is 2.77 bits per heavy atom. The second kappa shape index (κ2) is 2.60. The Kier molecular flexibility index (Phi) is 1.52. The molecular weight excluding hydrogens is 162 g/mol. The Labute approximate surface area is 78.6 Å². The summed E-state index contributed by atoms with van der Waals surface area (Å²) in [6.07, 6.45) is 7.79. The highest BCUT2D eigenvalue weighted by Crippen LogP contribution is 2.41. The maximum absolute atomic E-state index is 11.1. The lowest BCUT2D eigenvalue weighted by Gasteiger charge is -2.29. The van der Waals surface area contributed by atoms with E-state index in [0.29, 0.717) is 5.78 Å². The number of rotatable bonds is 1. The standard InChI is InChI=1S/C11H15NO/c13-11-4-3-10(6-11)12-7-8-1-2-9(12)5-8/h6,8-9H,1-5,7H2. The first-order chi connectivity index (χ1) is 6.33. The van der Waals surface area contributed by atoms with Gasteiger partial charge in [0.1, 0.15) is 0 Å². The third-order valence-corrected chi connectivity index (χ3v) is 3.73. The minimum Gasteiger partial charge on any atom is -0.371 e. The molecule has 3 aliphatic rings. The monoisotopic (exact) mass is 177 g/mol. The largest absolute Gasteiger partial charge is 0.371 e. The van der Waals surface area contributed by atoms with Crippen molar-refractivity contribution in [3.63, 3.8) is 0 Å². The number of nitrogens with zero attached hydrogens (tertiary/aromatic N) is 1. The first kappa shape index (κ1) is 7.60. The van der Waals surface area contributed by atoms with Crippen LogP contribution in [-0.4, -0.2) is 23.3 Å². The van der Waals surface area contributed by atoms with Crippen LogP contribution >= 0.6 is 0 Å². The topological polar surface area (TPSA) is 20.3 Å². The predicted molar refractivity (Wildman–Crippen MR) is 50.2 cm³/mol. The van der Waals surface area contributed by atoms with E-state index >= 15 is 0 Å². The fourth-order valence-corrected chi connectivity index (χ4v) is 3.08. The second-order valence-electron chi connectivity index (χ2n) is 4.59. The molecule has 0 spiro atoms. The molecule has 2 heteroatoms. The Morgan fingerprint density at radius 1 is 1.31 bits per heavy atom. The van der Waals surface area contributed by atoms with Gasteiger partial charge in [-0.15, -0.1) is 0 Å². The van der Waals surface area contributed by atoms with Crippen molar-refractivity contribution in [2.24, 2.45) is 5.92 Å². The number of ketones is 1. The number of piperidine rings is 1. The van der Waals surface area contributed by atoms with Gasteiger partial charge >= 0.3 is 0 Å². The van der Waals surface area contributed by atoms with Gasteiger partial charge in [-0.25, -0.2) is 0 Å². The van der Waals surface area contributed by atoms with Crippen LogP contribution in [0.5, 0.6) is 0 Å². The van der Waals surface area contributed by atoms with Crippen molar-refractivity contribution in [1.29, 1.82) is 0 Å². The normalized spacial score (nSPS) is 37.4. The molecule has 2 bridgehead atoms. The molecule has 0 aromatic carbocycles. The number of carbonyl (C=O) groups excluding carboxylic acids is 1. The van der Waals surface area contributed by atoms with Gasteiger partial charge in [0.15, 0.2) is 5.78 Å². The van der Waals surface area contributed by atoms with Crippen molar-refractivity contribution in [3.8, 4) is 0 Å². The molecule has 2 atom stereocenters. The summed E-state index contributed by atoms with van der Waals surface area (Å²) in [6, 6.07) is 0.780. The zero-order chi connectivity index (χ0) is 8.84. The van der Waals surface area contributed by atoms with E-state index in [-0.39, 0.29) is 0 Å².